The second-order valence-electron chi connectivity index (χ2n) is 7.83. The molecule has 0 radical (unpaired) electrons. The number of hydrogen-bond acceptors (Lipinski definition) is 4. The number of hydroxylamine groups is 2. The molecule has 0 aliphatic rings. The van der Waals surface area contributed by atoms with Gasteiger partial charge in [0.05, 0.1) is 12.5 Å². The summed E-state index contributed by atoms with van der Waals surface area (Å²) in [4.78, 5) is 12.3. The van der Waals surface area contributed by atoms with Gasteiger partial charge < -0.3 is 9.94 Å². The maximum absolute atomic E-state index is 12.3. The van der Waals surface area contributed by atoms with E-state index < -0.39 is 0 Å². The summed E-state index contributed by atoms with van der Waals surface area (Å²) in [5.41, 5.74) is 2.28. The number of benzene rings is 2. The van der Waals surface area contributed by atoms with Crippen molar-refractivity contribution in [3.8, 4) is 0 Å². The molecule has 4 nitrogen and oxygen atoms in total. The van der Waals surface area contributed by atoms with Crippen molar-refractivity contribution in [1.29, 1.82) is 0 Å². The van der Waals surface area contributed by atoms with Gasteiger partial charge in [-0.1, -0.05) is 88.0 Å². The summed E-state index contributed by atoms with van der Waals surface area (Å²) in [6, 6.07) is 18.9. The molecular formula is C23H29NO3. The molecule has 2 aromatic carbocycles. The summed E-state index contributed by atoms with van der Waals surface area (Å²) in [6.07, 6.45) is 0.0701. The van der Waals surface area contributed by atoms with Gasteiger partial charge in [-0.05, 0) is 22.1 Å². The molecule has 1 unspecified atom stereocenters. The fourth-order valence-corrected chi connectivity index (χ4v) is 3.20. The van der Waals surface area contributed by atoms with Gasteiger partial charge in [0.1, 0.15) is 6.61 Å². The summed E-state index contributed by atoms with van der Waals surface area (Å²) >= 11 is 0. The summed E-state index contributed by atoms with van der Waals surface area (Å²) in [5.74, 6) is -0.341. The van der Waals surface area contributed by atoms with E-state index in [4.69, 9.17) is 4.74 Å². The van der Waals surface area contributed by atoms with Crippen LogP contribution in [-0.4, -0.2) is 22.3 Å². The quantitative estimate of drug-likeness (QED) is 0.406. The minimum absolute atomic E-state index is 0.0701. The molecule has 1 atom stereocenters. The smallest absolute Gasteiger partial charge is 0.310 e. The number of nitrogens with zero attached hydrogens (tertiary/aromatic N) is 1. The fraction of sp³-hybridized carbons (Fsp3) is 0.348. The second kappa shape index (κ2) is 9.49. The highest BCUT2D eigenvalue weighted by Gasteiger charge is 2.33. The van der Waals surface area contributed by atoms with Gasteiger partial charge in [0.2, 0.25) is 0 Å². The largest absolute Gasteiger partial charge is 0.461 e. The van der Waals surface area contributed by atoms with Crippen molar-refractivity contribution in [2.24, 2.45) is 5.41 Å². The van der Waals surface area contributed by atoms with Crippen LogP contribution in [0.25, 0.3) is 0 Å². The third kappa shape index (κ3) is 6.66. The molecule has 27 heavy (non-hydrogen) atoms. The van der Waals surface area contributed by atoms with Crippen molar-refractivity contribution < 1.29 is 14.7 Å². The Kier molecular flexibility index (Phi) is 7.34. The van der Waals surface area contributed by atoms with Crippen molar-refractivity contribution in [2.45, 2.75) is 46.4 Å². The molecule has 2 aromatic rings. The second-order valence-corrected chi connectivity index (χ2v) is 7.83. The van der Waals surface area contributed by atoms with Crippen LogP contribution in [0.5, 0.6) is 0 Å². The van der Waals surface area contributed by atoms with Crippen molar-refractivity contribution >= 4 is 5.97 Å². The number of ether oxygens (including phenoxy) is 1. The molecule has 4 heteroatoms. The average Bonchev–Trinajstić information content (AvgIpc) is 2.60. The lowest BCUT2D eigenvalue weighted by Gasteiger charge is -2.37. The zero-order valence-electron chi connectivity index (χ0n) is 16.4. The van der Waals surface area contributed by atoms with Crippen LogP contribution in [0.4, 0.5) is 0 Å². The maximum atomic E-state index is 12.3. The molecule has 2 rings (SSSR count). The van der Waals surface area contributed by atoms with Gasteiger partial charge in [0.25, 0.3) is 0 Å². The van der Waals surface area contributed by atoms with Gasteiger partial charge >= 0.3 is 5.97 Å². The predicted molar refractivity (Wildman–Crippen MR) is 107 cm³/mol. The van der Waals surface area contributed by atoms with Crippen molar-refractivity contribution in [3.63, 3.8) is 0 Å². The van der Waals surface area contributed by atoms with Gasteiger partial charge in [-0.15, -0.1) is 0 Å². The zero-order chi connectivity index (χ0) is 19.9. The third-order valence-corrected chi connectivity index (χ3v) is 4.31. The Bertz CT molecular complexity index is 735. The van der Waals surface area contributed by atoms with E-state index in [9.17, 15) is 10.0 Å². The topological polar surface area (TPSA) is 49.8 Å². The van der Waals surface area contributed by atoms with Crippen LogP contribution in [-0.2, 0) is 22.7 Å². The van der Waals surface area contributed by atoms with Crippen molar-refractivity contribution in [1.82, 2.24) is 5.06 Å². The molecule has 0 bridgehead atoms. The number of carbonyl (C=O) groups is 1. The summed E-state index contributed by atoms with van der Waals surface area (Å²) in [6.45, 7) is 10.7. The first kappa shape index (κ1) is 20.9. The first-order valence-corrected chi connectivity index (χ1v) is 9.14. The summed E-state index contributed by atoms with van der Waals surface area (Å²) < 4.78 is 5.36. The van der Waals surface area contributed by atoms with Gasteiger partial charge in [0.15, 0.2) is 0 Å². The Labute approximate surface area is 162 Å². The zero-order valence-corrected chi connectivity index (χ0v) is 16.4. The minimum Gasteiger partial charge on any atom is -0.461 e. The van der Waals surface area contributed by atoms with Gasteiger partial charge in [-0.25, -0.2) is 0 Å². The molecule has 0 saturated heterocycles. The Balaban J connectivity index is 1.98. The van der Waals surface area contributed by atoms with E-state index in [1.54, 1.807) is 0 Å². The Morgan fingerprint density at radius 1 is 1.04 bits per heavy atom. The first-order valence-electron chi connectivity index (χ1n) is 9.14. The number of esters is 1. The summed E-state index contributed by atoms with van der Waals surface area (Å²) in [5, 5.41) is 12.0. The fourth-order valence-electron chi connectivity index (χ4n) is 3.20. The summed E-state index contributed by atoms with van der Waals surface area (Å²) in [7, 11) is 0. The number of rotatable bonds is 8. The third-order valence-electron chi connectivity index (χ3n) is 4.31. The predicted octanol–water partition coefficient (Wildman–Crippen LogP) is 4.98. The van der Waals surface area contributed by atoms with Crippen molar-refractivity contribution in [3.05, 3.63) is 83.9 Å². The molecule has 0 aliphatic carbocycles. The van der Waals surface area contributed by atoms with E-state index in [0.29, 0.717) is 12.1 Å². The normalized spacial score (nSPS) is 12.6. The van der Waals surface area contributed by atoms with Crippen LogP contribution >= 0.6 is 0 Å². The van der Waals surface area contributed by atoms with Crippen LogP contribution < -0.4 is 0 Å². The van der Waals surface area contributed by atoms with E-state index in [0.717, 1.165) is 11.1 Å². The van der Waals surface area contributed by atoms with E-state index in [2.05, 4.69) is 6.58 Å². The average molecular weight is 367 g/mol. The molecule has 0 heterocycles. The van der Waals surface area contributed by atoms with Crippen LogP contribution in [0.2, 0.25) is 0 Å². The lowest BCUT2D eigenvalue weighted by atomic mass is 9.81. The van der Waals surface area contributed by atoms with E-state index >= 15 is 0 Å². The van der Waals surface area contributed by atoms with Crippen LogP contribution in [0.1, 0.15) is 38.3 Å². The lowest BCUT2D eigenvalue weighted by molar-refractivity contribution is -0.154. The molecule has 0 aliphatic heterocycles. The minimum atomic E-state index is -0.373. The van der Waals surface area contributed by atoms with Gasteiger partial charge in [-0.3, -0.25) is 4.79 Å². The van der Waals surface area contributed by atoms with Crippen LogP contribution in [0.15, 0.2) is 72.8 Å². The molecular weight excluding hydrogens is 338 g/mol. The molecule has 1 N–H and O–H groups in total. The molecule has 0 amide bonds. The Hall–Kier alpha value is -2.43. The Morgan fingerprint density at radius 2 is 1.56 bits per heavy atom. The molecule has 0 fully saturated rings. The SMILES string of the molecule is C=C(CC(=O)OCc1ccccc1)C(N(O)Cc1ccccc1)C(C)(C)C. The highest BCUT2D eigenvalue weighted by Crippen LogP contribution is 2.31. The van der Waals surface area contributed by atoms with Crippen LogP contribution in [0.3, 0.4) is 0 Å². The number of hydrogen-bond donors (Lipinski definition) is 1. The highest BCUT2D eigenvalue weighted by molar-refractivity contribution is 5.72. The molecule has 144 valence electrons. The molecule has 0 saturated carbocycles. The maximum Gasteiger partial charge on any atom is 0.310 e. The monoisotopic (exact) mass is 367 g/mol. The van der Waals surface area contributed by atoms with Crippen molar-refractivity contribution in [2.75, 3.05) is 0 Å². The van der Waals surface area contributed by atoms with E-state index in [1.807, 2.05) is 81.4 Å². The molecule has 0 spiro atoms. The standard InChI is InChI=1S/C23H29NO3/c1-18(15-21(25)27-17-20-13-9-6-10-14-20)22(23(2,3)4)24(26)16-19-11-7-5-8-12-19/h5-14,22,26H,1,15-17H2,2-4H3. The first-order chi connectivity index (χ1) is 12.8. The van der Waals surface area contributed by atoms with Gasteiger partial charge in [-0.2, -0.15) is 5.06 Å². The Morgan fingerprint density at radius 3 is 2.07 bits per heavy atom. The lowest BCUT2D eigenvalue weighted by Crippen LogP contribution is -2.43. The van der Waals surface area contributed by atoms with Gasteiger partial charge in [0, 0.05) is 6.54 Å². The molecule has 0 aromatic heterocycles. The van der Waals surface area contributed by atoms with Crippen LogP contribution in [0, 0.1) is 5.41 Å². The highest BCUT2D eigenvalue weighted by atomic mass is 16.5. The number of carbonyl (C=O) groups excluding carboxylic acids is 1. The van der Waals surface area contributed by atoms with E-state index in [-0.39, 0.29) is 30.5 Å². The van der Waals surface area contributed by atoms with E-state index in [1.165, 1.54) is 5.06 Å².